The lowest BCUT2D eigenvalue weighted by atomic mass is 9.75. The minimum Gasteiger partial charge on any atom is -0.481 e. The third-order valence-corrected chi connectivity index (χ3v) is 7.02. The summed E-state index contributed by atoms with van der Waals surface area (Å²) in [7, 11) is 0. The molecule has 1 aliphatic rings. The fourth-order valence-corrected chi connectivity index (χ4v) is 5.04. The molecule has 2 heterocycles. The first-order valence-corrected chi connectivity index (χ1v) is 13.3. The average Bonchev–Trinajstić information content (AvgIpc) is 2.93. The number of ether oxygens (including phenoxy) is 1. The largest absolute Gasteiger partial charge is 0.481 e. The summed E-state index contributed by atoms with van der Waals surface area (Å²) >= 11 is 0. The lowest BCUT2D eigenvalue weighted by Gasteiger charge is -2.31. The van der Waals surface area contributed by atoms with Crippen LogP contribution in [0.2, 0.25) is 0 Å². The van der Waals surface area contributed by atoms with Gasteiger partial charge in [0.05, 0.1) is 5.57 Å². The van der Waals surface area contributed by atoms with Gasteiger partial charge in [0.1, 0.15) is 12.0 Å². The number of aromatic nitrogens is 1. The zero-order chi connectivity index (χ0) is 27.8. The van der Waals surface area contributed by atoms with Crippen LogP contribution in [0.5, 0.6) is 0 Å². The van der Waals surface area contributed by atoms with Crippen molar-refractivity contribution < 1.29 is 19.4 Å². The number of rotatable bonds is 11. The van der Waals surface area contributed by atoms with Gasteiger partial charge in [-0.3, -0.25) is 14.8 Å². The van der Waals surface area contributed by atoms with E-state index in [-0.39, 0.29) is 6.10 Å². The number of aliphatic imine (C=N–C) groups is 1. The first-order valence-electron chi connectivity index (χ1n) is 13.3. The molecule has 0 bridgehead atoms. The Kier molecular flexibility index (Phi) is 9.39. The fourth-order valence-electron chi connectivity index (χ4n) is 5.04. The molecule has 4 rings (SSSR count). The third kappa shape index (κ3) is 7.06. The highest BCUT2D eigenvalue weighted by Crippen LogP contribution is 2.40. The third-order valence-electron chi connectivity index (χ3n) is 7.02. The first-order chi connectivity index (χ1) is 18.8. The molecule has 39 heavy (non-hydrogen) atoms. The number of esters is 1. The van der Waals surface area contributed by atoms with Crippen LogP contribution in [0.4, 0.5) is 0 Å². The van der Waals surface area contributed by atoms with Crippen molar-refractivity contribution in [1.82, 2.24) is 10.3 Å². The fraction of sp³-hybridized carbons (Fsp3) is 0.312. The van der Waals surface area contributed by atoms with Crippen LogP contribution in [-0.2, 0) is 20.7 Å². The zero-order valence-electron chi connectivity index (χ0n) is 22.6. The van der Waals surface area contributed by atoms with Gasteiger partial charge >= 0.3 is 11.9 Å². The summed E-state index contributed by atoms with van der Waals surface area (Å²) in [5.74, 6) is -3.25. The van der Waals surface area contributed by atoms with E-state index in [1.165, 1.54) is 5.56 Å². The normalized spacial score (nSPS) is 17.9. The monoisotopic (exact) mass is 525 g/mol. The maximum absolute atomic E-state index is 13.5. The minimum atomic E-state index is -1.03. The van der Waals surface area contributed by atoms with Gasteiger partial charge in [-0.05, 0) is 75.0 Å². The van der Waals surface area contributed by atoms with E-state index in [9.17, 15) is 14.7 Å². The maximum atomic E-state index is 13.5. The van der Waals surface area contributed by atoms with E-state index in [1.807, 2.05) is 61.5 Å². The molecule has 0 fully saturated rings. The van der Waals surface area contributed by atoms with E-state index in [0.717, 1.165) is 29.7 Å². The number of hydrogen-bond donors (Lipinski definition) is 2. The van der Waals surface area contributed by atoms with Crippen LogP contribution in [0.25, 0.3) is 11.1 Å². The van der Waals surface area contributed by atoms with Gasteiger partial charge in [-0.25, -0.2) is 4.79 Å². The Bertz CT molecular complexity index is 1350. The number of nitrogens with zero attached hydrogens (tertiary/aromatic N) is 2. The molecule has 0 amide bonds. The second-order valence-electron chi connectivity index (χ2n) is 9.90. The van der Waals surface area contributed by atoms with Gasteiger partial charge in [0.15, 0.2) is 0 Å². The molecule has 7 heteroatoms. The summed E-state index contributed by atoms with van der Waals surface area (Å²) in [6.45, 7) is 6.83. The highest BCUT2D eigenvalue weighted by molar-refractivity contribution is 6.06. The van der Waals surface area contributed by atoms with Crippen LogP contribution >= 0.6 is 0 Å². The molecular formula is C32H35N3O4. The number of pyridine rings is 1. The molecule has 1 aliphatic heterocycles. The van der Waals surface area contributed by atoms with Crippen molar-refractivity contribution in [2.24, 2.45) is 10.9 Å². The Labute approximate surface area is 229 Å². The van der Waals surface area contributed by atoms with Crippen LogP contribution in [0.1, 0.15) is 44.2 Å². The smallest absolute Gasteiger partial charge is 0.336 e. The zero-order valence-corrected chi connectivity index (χ0v) is 22.6. The number of benzene rings is 2. The summed E-state index contributed by atoms with van der Waals surface area (Å²) in [5, 5.41) is 13.6. The number of carboxylic acid groups (broad SMARTS) is 1. The molecule has 7 nitrogen and oxygen atoms in total. The van der Waals surface area contributed by atoms with Crippen molar-refractivity contribution >= 4 is 17.7 Å². The number of carbonyl (C=O) groups is 2. The van der Waals surface area contributed by atoms with E-state index in [0.29, 0.717) is 29.9 Å². The lowest BCUT2D eigenvalue weighted by molar-refractivity contribution is -0.144. The predicted octanol–water partition coefficient (Wildman–Crippen LogP) is 5.44. The van der Waals surface area contributed by atoms with Crippen molar-refractivity contribution in [3.8, 4) is 11.1 Å². The average molecular weight is 526 g/mol. The molecule has 2 N–H and O–H groups in total. The molecule has 2 aromatic carbocycles. The van der Waals surface area contributed by atoms with Crippen LogP contribution in [0.3, 0.4) is 0 Å². The molecule has 202 valence electrons. The van der Waals surface area contributed by atoms with Gasteiger partial charge in [0.25, 0.3) is 0 Å². The lowest BCUT2D eigenvalue weighted by Crippen LogP contribution is -2.36. The van der Waals surface area contributed by atoms with Crippen LogP contribution in [0, 0.1) is 5.92 Å². The summed E-state index contributed by atoms with van der Waals surface area (Å²) in [5.41, 5.74) is 5.03. The number of aliphatic carboxylic acids is 1. The number of carboxylic acids is 1. The first kappa shape index (κ1) is 27.9. The second kappa shape index (κ2) is 13.1. The number of allylic oxidation sites excluding steroid dienone is 1. The summed E-state index contributed by atoms with van der Waals surface area (Å²) < 4.78 is 5.85. The Morgan fingerprint density at radius 3 is 2.49 bits per heavy atom. The van der Waals surface area contributed by atoms with Crippen molar-refractivity contribution in [3.63, 3.8) is 0 Å². The molecule has 3 unspecified atom stereocenters. The van der Waals surface area contributed by atoms with E-state index in [4.69, 9.17) is 4.74 Å². The number of nitrogens with one attached hydrogen (secondary N) is 1. The maximum Gasteiger partial charge on any atom is 0.336 e. The van der Waals surface area contributed by atoms with Gasteiger partial charge in [0.2, 0.25) is 0 Å². The Morgan fingerprint density at radius 1 is 1.00 bits per heavy atom. The van der Waals surface area contributed by atoms with Crippen molar-refractivity contribution in [2.75, 3.05) is 13.1 Å². The topological polar surface area (TPSA) is 101 Å². The van der Waals surface area contributed by atoms with E-state index < -0.39 is 23.8 Å². The van der Waals surface area contributed by atoms with Crippen LogP contribution in [0.15, 0.2) is 95.4 Å². The molecule has 3 atom stereocenters. The van der Waals surface area contributed by atoms with Gasteiger partial charge in [-0.15, -0.1) is 0 Å². The van der Waals surface area contributed by atoms with Crippen molar-refractivity contribution in [3.05, 3.63) is 102 Å². The number of hydrogen-bond acceptors (Lipinski definition) is 6. The minimum absolute atomic E-state index is 0.292. The Balaban J connectivity index is 1.49. The molecule has 1 aromatic heterocycles. The SMILES string of the molecule is CC1=NC(C)=C(C(=O)OC(C)CCNCCc2ccccc2)C(c2cccc(-c3cccnc3)c2)C1C(=O)O. The predicted molar refractivity (Wildman–Crippen MR) is 153 cm³/mol. The highest BCUT2D eigenvalue weighted by Gasteiger charge is 2.42. The van der Waals surface area contributed by atoms with Crippen molar-refractivity contribution in [2.45, 2.75) is 45.6 Å². The van der Waals surface area contributed by atoms with E-state index >= 15 is 0 Å². The quantitative estimate of drug-likeness (QED) is 0.256. The molecular weight excluding hydrogens is 490 g/mol. The van der Waals surface area contributed by atoms with Crippen LogP contribution in [-0.4, -0.2) is 46.9 Å². The van der Waals surface area contributed by atoms with Crippen LogP contribution < -0.4 is 5.32 Å². The molecule has 0 saturated carbocycles. The highest BCUT2D eigenvalue weighted by atomic mass is 16.5. The van der Waals surface area contributed by atoms with Crippen molar-refractivity contribution in [1.29, 1.82) is 0 Å². The second-order valence-corrected chi connectivity index (χ2v) is 9.90. The summed E-state index contributed by atoms with van der Waals surface area (Å²) in [6.07, 6.45) is 4.68. The van der Waals surface area contributed by atoms with E-state index in [1.54, 1.807) is 26.2 Å². The molecule has 0 aliphatic carbocycles. The molecule has 0 saturated heterocycles. The Hall–Kier alpha value is -4.10. The van der Waals surface area contributed by atoms with Gasteiger partial charge < -0.3 is 15.2 Å². The molecule has 0 radical (unpaired) electrons. The van der Waals surface area contributed by atoms with E-state index in [2.05, 4.69) is 27.4 Å². The molecule has 3 aromatic rings. The number of carbonyl (C=O) groups excluding carboxylic acids is 1. The summed E-state index contributed by atoms with van der Waals surface area (Å²) in [6, 6.07) is 21.7. The Morgan fingerprint density at radius 2 is 1.77 bits per heavy atom. The van der Waals surface area contributed by atoms with Gasteiger partial charge in [0, 0.05) is 29.7 Å². The standard InChI is InChI=1S/C32H35N3O4/c1-21(14-17-33-18-15-24-9-5-4-6-10-24)39-32(38)29-23(3)35-22(2)28(31(36)37)30(29)26-12-7-11-25(19-26)27-13-8-16-34-20-27/h4-13,16,19-21,28,30,33H,14-15,17-18H2,1-3H3,(H,36,37). The molecule has 0 spiro atoms. The van der Waals surface area contributed by atoms with Gasteiger partial charge in [-0.1, -0.05) is 60.7 Å². The summed E-state index contributed by atoms with van der Waals surface area (Å²) in [4.78, 5) is 34.6. The van der Waals surface area contributed by atoms with Gasteiger partial charge in [-0.2, -0.15) is 0 Å².